The molecule has 126 valence electrons. The van der Waals surface area contributed by atoms with Crippen molar-refractivity contribution in [2.24, 2.45) is 0 Å². The molecule has 7 heteroatoms. The summed E-state index contributed by atoms with van der Waals surface area (Å²) in [7, 11) is -2.30. The van der Waals surface area contributed by atoms with Crippen LogP contribution >= 0.6 is 11.8 Å². The Morgan fingerprint density at radius 1 is 1.32 bits per heavy atom. The Balaban J connectivity index is 2.98. The van der Waals surface area contributed by atoms with E-state index in [4.69, 9.17) is 4.74 Å². The molecule has 0 aromatic heterocycles. The van der Waals surface area contributed by atoms with Gasteiger partial charge in [0.25, 0.3) is 0 Å². The summed E-state index contributed by atoms with van der Waals surface area (Å²) in [6, 6.07) is 3.29. The van der Waals surface area contributed by atoms with E-state index in [2.05, 4.69) is 4.72 Å². The number of sulfonamides is 1. The molecule has 5 nitrogen and oxygen atoms in total. The normalized spacial score (nSPS) is 14.6. The summed E-state index contributed by atoms with van der Waals surface area (Å²) in [5, 5.41) is 10.2. The van der Waals surface area contributed by atoms with Crippen LogP contribution in [0.5, 0.6) is 5.75 Å². The van der Waals surface area contributed by atoms with Gasteiger partial charge in [-0.25, -0.2) is 13.1 Å². The Morgan fingerprint density at radius 2 is 1.91 bits per heavy atom. The highest BCUT2D eigenvalue weighted by Crippen LogP contribution is 2.27. The lowest BCUT2D eigenvalue weighted by Gasteiger charge is -2.23. The minimum atomic E-state index is -3.74. The van der Waals surface area contributed by atoms with Gasteiger partial charge in [-0.2, -0.15) is 11.8 Å². The molecule has 1 rings (SSSR count). The molecule has 0 heterocycles. The maximum Gasteiger partial charge on any atom is 0.244 e. The third-order valence-corrected chi connectivity index (χ3v) is 5.59. The van der Waals surface area contributed by atoms with Crippen molar-refractivity contribution in [2.45, 2.75) is 37.7 Å². The molecular formula is C15H25NO4S2. The fourth-order valence-electron chi connectivity index (χ4n) is 1.87. The van der Waals surface area contributed by atoms with E-state index in [1.165, 1.54) is 7.11 Å². The van der Waals surface area contributed by atoms with Crippen molar-refractivity contribution in [3.05, 3.63) is 23.3 Å². The second kappa shape index (κ2) is 7.68. The summed E-state index contributed by atoms with van der Waals surface area (Å²) in [6.07, 6.45) is 2.46. The molecule has 0 saturated heterocycles. The second-order valence-electron chi connectivity index (χ2n) is 5.65. The minimum absolute atomic E-state index is 0.0357. The van der Waals surface area contributed by atoms with Gasteiger partial charge < -0.3 is 9.84 Å². The minimum Gasteiger partial charge on any atom is -0.495 e. The number of aryl methyl sites for hydroxylation is 2. The molecule has 0 aliphatic carbocycles. The van der Waals surface area contributed by atoms with E-state index in [1.807, 2.05) is 20.1 Å². The second-order valence-corrected chi connectivity index (χ2v) is 8.37. The number of thioether (sulfide) groups is 1. The SMILES string of the molecule is COc1cc(C)c(C)cc1S(=O)(=O)NCC(C)(O)CCSC. The zero-order chi connectivity index (χ0) is 17.0. The summed E-state index contributed by atoms with van der Waals surface area (Å²) in [5.41, 5.74) is 0.751. The summed E-state index contributed by atoms with van der Waals surface area (Å²) in [4.78, 5) is 0.0961. The number of rotatable bonds is 8. The number of hydrogen-bond acceptors (Lipinski definition) is 5. The largest absolute Gasteiger partial charge is 0.495 e. The maximum atomic E-state index is 12.5. The Morgan fingerprint density at radius 3 is 2.45 bits per heavy atom. The third kappa shape index (κ3) is 5.15. The first-order valence-electron chi connectivity index (χ1n) is 6.99. The zero-order valence-electron chi connectivity index (χ0n) is 13.8. The number of aliphatic hydroxyl groups is 1. The van der Waals surface area contributed by atoms with Gasteiger partial charge in [-0.15, -0.1) is 0 Å². The van der Waals surface area contributed by atoms with Crippen molar-refractivity contribution in [2.75, 3.05) is 25.7 Å². The molecule has 1 aromatic rings. The van der Waals surface area contributed by atoms with Gasteiger partial charge in [0, 0.05) is 6.54 Å². The van der Waals surface area contributed by atoms with Gasteiger partial charge >= 0.3 is 0 Å². The summed E-state index contributed by atoms with van der Waals surface area (Å²) in [6.45, 7) is 5.34. The van der Waals surface area contributed by atoms with Crippen LogP contribution in [0, 0.1) is 13.8 Å². The summed E-state index contributed by atoms with van der Waals surface area (Å²) >= 11 is 1.61. The van der Waals surface area contributed by atoms with Crippen molar-refractivity contribution in [3.8, 4) is 5.75 Å². The Hall–Kier alpha value is -0.760. The summed E-state index contributed by atoms with van der Waals surface area (Å²) < 4.78 is 32.6. The van der Waals surface area contributed by atoms with E-state index < -0.39 is 15.6 Å². The molecule has 0 aliphatic rings. The smallest absolute Gasteiger partial charge is 0.244 e. The first-order valence-corrected chi connectivity index (χ1v) is 9.87. The van der Waals surface area contributed by atoms with Crippen LogP contribution in [-0.4, -0.2) is 44.8 Å². The van der Waals surface area contributed by atoms with Crippen LogP contribution in [0.1, 0.15) is 24.5 Å². The van der Waals surface area contributed by atoms with Crippen LogP contribution in [0.4, 0.5) is 0 Å². The molecule has 0 bridgehead atoms. The lowest BCUT2D eigenvalue weighted by Crippen LogP contribution is -2.41. The number of hydrogen-bond donors (Lipinski definition) is 2. The zero-order valence-corrected chi connectivity index (χ0v) is 15.4. The lowest BCUT2D eigenvalue weighted by molar-refractivity contribution is 0.0626. The van der Waals surface area contributed by atoms with Crippen LogP contribution in [0.15, 0.2) is 17.0 Å². The topological polar surface area (TPSA) is 75.6 Å². The average molecular weight is 348 g/mol. The van der Waals surface area contributed by atoms with Crippen LogP contribution in [0.25, 0.3) is 0 Å². The molecule has 0 spiro atoms. The molecule has 0 amide bonds. The van der Waals surface area contributed by atoms with Crippen LogP contribution < -0.4 is 9.46 Å². The van der Waals surface area contributed by atoms with Crippen LogP contribution in [0.3, 0.4) is 0 Å². The molecule has 2 N–H and O–H groups in total. The highest BCUT2D eigenvalue weighted by Gasteiger charge is 2.26. The van der Waals surface area contributed by atoms with Gasteiger partial charge in [0.2, 0.25) is 10.0 Å². The van der Waals surface area contributed by atoms with E-state index in [1.54, 1.807) is 30.8 Å². The number of ether oxygens (including phenoxy) is 1. The number of nitrogens with one attached hydrogen (secondary N) is 1. The van der Waals surface area contributed by atoms with Crippen molar-refractivity contribution >= 4 is 21.8 Å². The number of benzene rings is 1. The fraction of sp³-hybridized carbons (Fsp3) is 0.600. The highest BCUT2D eigenvalue weighted by atomic mass is 32.2. The molecule has 0 aliphatic heterocycles. The van der Waals surface area contributed by atoms with Gasteiger partial charge in [0.1, 0.15) is 10.6 Å². The van der Waals surface area contributed by atoms with Gasteiger partial charge in [-0.3, -0.25) is 0 Å². The molecule has 1 unspecified atom stereocenters. The molecule has 22 heavy (non-hydrogen) atoms. The van der Waals surface area contributed by atoms with Gasteiger partial charge in [0.05, 0.1) is 12.7 Å². The van der Waals surface area contributed by atoms with Crippen LogP contribution in [0.2, 0.25) is 0 Å². The molecule has 1 aromatic carbocycles. The van der Waals surface area contributed by atoms with E-state index in [-0.39, 0.29) is 11.4 Å². The first kappa shape index (κ1) is 19.3. The molecule has 0 fully saturated rings. The van der Waals surface area contributed by atoms with Crippen molar-refractivity contribution in [1.82, 2.24) is 4.72 Å². The van der Waals surface area contributed by atoms with Crippen LogP contribution in [-0.2, 0) is 10.0 Å². The standard InChI is InChI=1S/C15H25NO4S2/c1-11-8-13(20-4)14(9-12(11)2)22(18,19)16-10-15(3,17)6-7-21-5/h8-9,16-17H,6-7,10H2,1-5H3. The van der Waals surface area contributed by atoms with E-state index >= 15 is 0 Å². The van der Waals surface area contributed by atoms with Crippen molar-refractivity contribution < 1.29 is 18.3 Å². The fourth-order valence-corrected chi connectivity index (χ4v) is 3.91. The monoisotopic (exact) mass is 347 g/mol. The predicted octanol–water partition coefficient (Wildman–Crippen LogP) is 2.09. The first-order chi connectivity index (χ1) is 10.1. The van der Waals surface area contributed by atoms with Gasteiger partial charge in [-0.1, -0.05) is 0 Å². The summed E-state index contributed by atoms with van der Waals surface area (Å²) in [5.74, 6) is 1.07. The Kier molecular flexibility index (Phi) is 6.73. The lowest BCUT2D eigenvalue weighted by atomic mass is 10.1. The Bertz CT molecular complexity index is 612. The Labute approximate surface area is 137 Å². The van der Waals surface area contributed by atoms with Gasteiger partial charge in [0.15, 0.2) is 0 Å². The van der Waals surface area contributed by atoms with Crippen molar-refractivity contribution in [3.63, 3.8) is 0 Å². The number of methoxy groups -OCH3 is 1. The average Bonchev–Trinajstić information content (AvgIpc) is 2.45. The van der Waals surface area contributed by atoms with Crippen molar-refractivity contribution in [1.29, 1.82) is 0 Å². The van der Waals surface area contributed by atoms with E-state index in [9.17, 15) is 13.5 Å². The highest BCUT2D eigenvalue weighted by molar-refractivity contribution is 7.98. The van der Waals surface area contributed by atoms with Gasteiger partial charge in [-0.05, 0) is 62.5 Å². The third-order valence-electron chi connectivity index (χ3n) is 3.56. The molecule has 0 saturated carbocycles. The predicted molar refractivity (Wildman–Crippen MR) is 91.3 cm³/mol. The quantitative estimate of drug-likeness (QED) is 0.753. The molecule has 0 radical (unpaired) electrons. The van der Waals surface area contributed by atoms with E-state index in [0.717, 1.165) is 16.9 Å². The molecule has 1 atom stereocenters. The molecular weight excluding hydrogens is 322 g/mol. The maximum absolute atomic E-state index is 12.5. The van der Waals surface area contributed by atoms with E-state index in [0.29, 0.717) is 12.2 Å².